The van der Waals surface area contributed by atoms with E-state index in [4.69, 9.17) is 0 Å². The summed E-state index contributed by atoms with van der Waals surface area (Å²) in [4.78, 5) is 24.0. The molecule has 0 radical (unpaired) electrons. The van der Waals surface area contributed by atoms with E-state index in [2.05, 4.69) is 22.5 Å². The second kappa shape index (κ2) is 8.07. The quantitative estimate of drug-likeness (QED) is 0.728. The Morgan fingerprint density at radius 2 is 2.00 bits per heavy atom. The van der Waals surface area contributed by atoms with Crippen molar-refractivity contribution in [2.45, 2.75) is 44.7 Å². The molecule has 1 aliphatic rings. The number of nitrogens with one attached hydrogen (secondary N) is 1. The zero-order valence-corrected chi connectivity index (χ0v) is 16.8. The zero-order chi connectivity index (χ0) is 20.4. The van der Waals surface area contributed by atoms with Crippen molar-refractivity contribution in [1.82, 2.24) is 19.7 Å². The normalized spacial score (nSPS) is 18.7. The molecule has 1 aliphatic carbocycles. The standard InChI is InChI=1S/C23H26N4O2/c1-16(28)25-22-10-6-9-19(22)20-11-23(29)26(2)15-21(20)18-12-24-27(14-18)13-17-7-4-3-5-8-17/h3-5,7-8,11-12,14-15,19,22H,6,9-10,13H2,1-2H3,(H,25,28). The van der Waals surface area contributed by atoms with Crippen LogP contribution < -0.4 is 10.9 Å². The van der Waals surface area contributed by atoms with Crippen molar-refractivity contribution in [3.8, 4) is 11.1 Å². The van der Waals surface area contributed by atoms with Crippen LogP contribution in [0.3, 0.4) is 0 Å². The van der Waals surface area contributed by atoms with Gasteiger partial charge >= 0.3 is 0 Å². The van der Waals surface area contributed by atoms with Gasteiger partial charge in [-0.2, -0.15) is 5.10 Å². The number of hydrogen-bond donors (Lipinski definition) is 1. The van der Waals surface area contributed by atoms with Crippen molar-refractivity contribution in [1.29, 1.82) is 0 Å². The third kappa shape index (κ3) is 4.16. The van der Waals surface area contributed by atoms with Crippen molar-refractivity contribution in [3.63, 3.8) is 0 Å². The number of carbonyl (C=O) groups is 1. The summed E-state index contributed by atoms with van der Waals surface area (Å²) >= 11 is 0. The molecule has 0 bridgehead atoms. The Morgan fingerprint density at radius 1 is 1.21 bits per heavy atom. The SMILES string of the molecule is CC(=O)NC1CCCC1c1cc(=O)n(C)cc1-c1cnn(Cc2ccccc2)c1. The zero-order valence-electron chi connectivity index (χ0n) is 16.8. The molecule has 6 nitrogen and oxygen atoms in total. The topological polar surface area (TPSA) is 68.9 Å². The van der Waals surface area contributed by atoms with Crippen molar-refractivity contribution in [2.75, 3.05) is 0 Å². The summed E-state index contributed by atoms with van der Waals surface area (Å²) in [5.41, 5.74) is 4.15. The fourth-order valence-corrected chi connectivity index (χ4v) is 4.32. The minimum Gasteiger partial charge on any atom is -0.353 e. The molecule has 150 valence electrons. The lowest BCUT2D eigenvalue weighted by atomic mass is 9.89. The molecule has 1 N–H and O–H groups in total. The predicted molar refractivity (Wildman–Crippen MR) is 113 cm³/mol. The van der Waals surface area contributed by atoms with Crippen molar-refractivity contribution in [3.05, 3.63) is 76.5 Å². The Hall–Kier alpha value is -3.15. The molecule has 2 unspecified atom stereocenters. The van der Waals surface area contributed by atoms with E-state index in [1.807, 2.05) is 41.5 Å². The largest absolute Gasteiger partial charge is 0.353 e. The van der Waals surface area contributed by atoms with Gasteiger partial charge in [-0.1, -0.05) is 36.8 Å². The van der Waals surface area contributed by atoms with E-state index < -0.39 is 0 Å². The van der Waals surface area contributed by atoms with Gasteiger partial charge < -0.3 is 9.88 Å². The summed E-state index contributed by atoms with van der Waals surface area (Å²) in [6.45, 7) is 2.24. The molecule has 2 heterocycles. The predicted octanol–water partition coefficient (Wildman–Crippen LogP) is 3.07. The molecule has 1 saturated carbocycles. The summed E-state index contributed by atoms with van der Waals surface area (Å²) in [6.07, 6.45) is 8.71. The van der Waals surface area contributed by atoms with Gasteiger partial charge in [-0.15, -0.1) is 0 Å². The Kier molecular flexibility index (Phi) is 5.34. The summed E-state index contributed by atoms with van der Waals surface area (Å²) < 4.78 is 3.52. The lowest BCUT2D eigenvalue weighted by molar-refractivity contribution is -0.119. The molecule has 6 heteroatoms. The molecule has 2 aromatic heterocycles. The van der Waals surface area contributed by atoms with Gasteiger partial charge in [0.15, 0.2) is 0 Å². The van der Waals surface area contributed by atoms with Crippen LogP contribution in [0.5, 0.6) is 0 Å². The van der Waals surface area contributed by atoms with E-state index in [1.165, 1.54) is 5.56 Å². The number of amides is 1. The minimum atomic E-state index is -0.0334. The number of carbonyl (C=O) groups excluding carboxylic acids is 1. The van der Waals surface area contributed by atoms with E-state index in [9.17, 15) is 9.59 Å². The van der Waals surface area contributed by atoms with Crippen LogP contribution in [0.4, 0.5) is 0 Å². The van der Waals surface area contributed by atoms with Crippen molar-refractivity contribution < 1.29 is 4.79 Å². The molecular weight excluding hydrogens is 364 g/mol. The first kappa shape index (κ1) is 19.2. The minimum absolute atomic E-state index is 0.0250. The van der Waals surface area contributed by atoms with E-state index in [1.54, 1.807) is 24.6 Å². The summed E-state index contributed by atoms with van der Waals surface area (Å²) in [5.74, 6) is 0.114. The summed E-state index contributed by atoms with van der Waals surface area (Å²) in [6, 6.07) is 12.0. The number of nitrogens with zero attached hydrogens (tertiary/aromatic N) is 3. The van der Waals surface area contributed by atoms with E-state index in [0.29, 0.717) is 6.54 Å². The number of rotatable bonds is 5. The highest BCUT2D eigenvalue weighted by molar-refractivity contribution is 5.73. The Labute approximate surface area is 170 Å². The molecule has 3 aromatic rings. The highest BCUT2D eigenvalue weighted by atomic mass is 16.1. The Bertz CT molecular complexity index is 1070. The second-order valence-electron chi connectivity index (χ2n) is 7.85. The third-order valence-corrected chi connectivity index (χ3v) is 5.70. The van der Waals surface area contributed by atoms with E-state index >= 15 is 0 Å². The van der Waals surface area contributed by atoms with Crippen molar-refractivity contribution in [2.24, 2.45) is 7.05 Å². The van der Waals surface area contributed by atoms with Gasteiger partial charge in [0.1, 0.15) is 0 Å². The number of hydrogen-bond acceptors (Lipinski definition) is 3. The van der Waals surface area contributed by atoms with E-state index in [0.717, 1.165) is 36.0 Å². The maximum Gasteiger partial charge on any atom is 0.250 e. The van der Waals surface area contributed by atoms with Crippen LogP contribution in [-0.4, -0.2) is 26.3 Å². The van der Waals surface area contributed by atoms with Crippen LogP contribution in [0.15, 0.2) is 59.8 Å². The number of aromatic nitrogens is 3. The fraction of sp³-hybridized carbons (Fsp3) is 0.348. The molecule has 4 rings (SSSR count). The summed E-state index contributed by atoms with van der Waals surface area (Å²) in [7, 11) is 1.77. The van der Waals surface area contributed by atoms with Gasteiger partial charge in [0.05, 0.1) is 12.7 Å². The maximum atomic E-state index is 12.4. The van der Waals surface area contributed by atoms with E-state index in [-0.39, 0.29) is 23.4 Å². The molecule has 1 amide bonds. The van der Waals surface area contributed by atoms with Gasteiger partial charge in [0, 0.05) is 55.5 Å². The van der Waals surface area contributed by atoms with Gasteiger partial charge in [0.2, 0.25) is 5.91 Å². The van der Waals surface area contributed by atoms with Gasteiger partial charge in [0.25, 0.3) is 5.56 Å². The highest BCUT2D eigenvalue weighted by Crippen LogP contribution is 2.38. The molecule has 29 heavy (non-hydrogen) atoms. The molecule has 0 saturated heterocycles. The van der Waals surface area contributed by atoms with Crippen LogP contribution in [0.2, 0.25) is 0 Å². The molecule has 2 atom stereocenters. The first-order valence-electron chi connectivity index (χ1n) is 10.1. The van der Waals surface area contributed by atoms with Gasteiger partial charge in [-0.25, -0.2) is 0 Å². The lowest BCUT2D eigenvalue weighted by Crippen LogP contribution is -2.35. The Morgan fingerprint density at radius 3 is 2.76 bits per heavy atom. The van der Waals surface area contributed by atoms with Gasteiger partial charge in [-0.05, 0) is 24.0 Å². The monoisotopic (exact) mass is 390 g/mol. The van der Waals surface area contributed by atoms with Crippen LogP contribution in [-0.2, 0) is 18.4 Å². The molecule has 1 fully saturated rings. The second-order valence-corrected chi connectivity index (χ2v) is 7.85. The molecular formula is C23H26N4O2. The number of pyridine rings is 1. The highest BCUT2D eigenvalue weighted by Gasteiger charge is 2.31. The first-order valence-corrected chi connectivity index (χ1v) is 10.1. The third-order valence-electron chi connectivity index (χ3n) is 5.70. The molecule has 1 aromatic carbocycles. The summed E-state index contributed by atoms with van der Waals surface area (Å²) in [5, 5.41) is 7.61. The van der Waals surface area contributed by atoms with Crippen LogP contribution in [0, 0.1) is 0 Å². The van der Waals surface area contributed by atoms with Crippen LogP contribution in [0.25, 0.3) is 11.1 Å². The van der Waals surface area contributed by atoms with Crippen LogP contribution in [0.1, 0.15) is 43.2 Å². The smallest absolute Gasteiger partial charge is 0.250 e. The number of benzene rings is 1. The van der Waals surface area contributed by atoms with Crippen LogP contribution >= 0.6 is 0 Å². The first-order chi connectivity index (χ1) is 14.0. The lowest BCUT2D eigenvalue weighted by Gasteiger charge is -2.23. The fourth-order valence-electron chi connectivity index (χ4n) is 4.32. The average Bonchev–Trinajstić information content (AvgIpc) is 3.33. The van der Waals surface area contributed by atoms with Crippen molar-refractivity contribution >= 4 is 5.91 Å². The average molecular weight is 390 g/mol. The van der Waals surface area contributed by atoms with Gasteiger partial charge in [-0.3, -0.25) is 14.3 Å². The maximum absolute atomic E-state index is 12.4. The number of aryl methyl sites for hydroxylation is 1. The molecule has 0 aliphatic heterocycles. The molecule has 0 spiro atoms. The Balaban J connectivity index is 1.70.